The van der Waals surface area contributed by atoms with Crippen LogP contribution in [0.25, 0.3) is 0 Å². The van der Waals surface area contributed by atoms with Crippen molar-refractivity contribution in [2.24, 2.45) is 11.8 Å². The number of hydrogen-bond acceptors (Lipinski definition) is 3. The van der Waals surface area contributed by atoms with Crippen LogP contribution >= 0.6 is 0 Å². The number of piperidine rings is 1. The van der Waals surface area contributed by atoms with Gasteiger partial charge in [-0.25, -0.2) is 0 Å². The van der Waals surface area contributed by atoms with Crippen molar-refractivity contribution >= 4 is 0 Å². The van der Waals surface area contributed by atoms with Crippen molar-refractivity contribution in [3.05, 3.63) is 35.9 Å². The lowest BCUT2D eigenvalue weighted by Crippen LogP contribution is -2.41. The topological polar surface area (TPSA) is 24.5 Å². The maximum atomic E-state index is 5.86. The van der Waals surface area contributed by atoms with E-state index in [1.54, 1.807) is 0 Å². The summed E-state index contributed by atoms with van der Waals surface area (Å²) in [6.45, 7) is 10.6. The molecule has 1 aromatic carbocycles. The van der Waals surface area contributed by atoms with Crippen molar-refractivity contribution in [2.75, 3.05) is 32.9 Å². The van der Waals surface area contributed by atoms with E-state index < -0.39 is 0 Å². The summed E-state index contributed by atoms with van der Waals surface area (Å²) in [5, 5.41) is 3.59. The lowest BCUT2D eigenvalue weighted by atomic mass is 9.98. The number of ether oxygens (including phenoxy) is 1. The Balaban J connectivity index is 1.62. The van der Waals surface area contributed by atoms with E-state index in [4.69, 9.17) is 4.74 Å². The zero-order chi connectivity index (χ0) is 14.9. The molecule has 0 aromatic heterocycles. The molecule has 1 atom stereocenters. The Morgan fingerprint density at radius 2 is 2.10 bits per heavy atom. The molecule has 0 bridgehead atoms. The smallest absolute Gasteiger partial charge is 0.0994 e. The van der Waals surface area contributed by atoms with Crippen molar-refractivity contribution in [2.45, 2.75) is 33.3 Å². The third-order valence-electron chi connectivity index (χ3n) is 3.97. The summed E-state index contributed by atoms with van der Waals surface area (Å²) in [4.78, 5) is 2.45. The summed E-state index contributed by atoms with van der Waals surface area (Å²) in [6, 6.07) is 10.4. The zero-order valence-corrected chi connectivity index (χ0v) is 13.6. The molecule has 1 aliphatic rings. The van der Waals surface area contributed by atoms with Crippen LogP contribution in [0.2, 0.25) is 0 Å². The lowest BCUT2D eigenvalue weighted by Gasteiger charge is -2.32. The molecule has 1 unspecified atom stereocenters. The summed E-state index contributed by atoms with van der Waals surface area (Å²) in [7, 11) is 0. The van der Waals surface area contributed by atoms with Crippen LogP contribution in [-0.4, -0.2) is 37.8 Å². The Morgan fingerprint density at radius 3 is 2.86 bits per heavy atom. The number of likely N-dealkylation sites (tertiary alicyclic amines) is 1. The third-order valence-corrected chi connectivity index (χ3v) is 3.97. The first-order valence-corrected chi connectivity index (χ1v) is 8.29. The Labute approximate surface area is 129 Å². The lowest BCUT2D eigenvalue weighted by molar-refractivity contribution is -0.00177. The molecule has 0 saturated carbocycles. The fourth-order valence-electron chi connectivity index (χ4n) is 2.88. The van der Waals surface area contributed by atoms with Gasteiger partial charge < -0.3 is 10.1 Å². The molecule has 21 heavy (non-hydrogen) atoms. The van der Waals surface area contributed by atoms with Crippen LogP contribution in [0.1, 0.15) is 32.3 Å². The monoisotopic (exact) mass is 290 g/mol. The second-order valence-electron chi connectivity index (χ2n) is 6.60. The number of hydrogen-bond donors (Lipinski definition) is 1. The number of nitrogens with one attached hydrogen (secondary N) is 1. The number of nitrogens with zero attached hydrogens (tertiary/aromatic N) is 1. The fourth-order valence-corrected chi connectivity index (χ4v) is 2.88. The van der Waals surface area contributed by atoms with Crippen molar-refractivity contribution in [3.8, 4) is 0 Å². The Morgan fingerprint density at radius 1 is 1.29 bits per heavy atom. The molecule has 0 spiro atoms. The number of rotatable bonds is 8. The van der Waals surface area contributed by atoms with E-state index in [1.165, 1.54) is 31.5 Å². The van der Waals surface area contributed by atoms with Crippen molar-refractivity contribution in [3.63, 3.8) is 0 Å². The predicted octanol–water partition coefficient (Wildman–Crippen LogP) is 3.12. The summed E-state index contributed by atoms with van der Waals surface area (Å²) >= 11 is 0. The van der Waals surface area contributed by atoms with Gasteiger partial charge in [-0.05, 0) is 43.3 Å². The first kappa shape index (κ1) is 16.5. The van der Waals surface area contributed by atoms with Gasteiger partial charge in [-0.15, -0.1) is 0 Å². The van der Waals surface area contributed by atoms with Gasteiger partial charge >= 0.3 is 0 Å². The van der Waals surface area contributed by atoms with Gasteiger partial charge in [0.1, 0.15) is 0 Å². The molecular formula is C18H30N2O. The molecule has 1 aliphatic heterocycles. The second-order valence-corrected chi connectivity index (χ2v) is 6.60. The van der Waals surface area contributed by atoms with Crippen LogP contribution in [-0.2, 0) is 11.3 Å². The summed E-state index contributed by atoms with van der Waals surface area (Å²) in [5.74, 6) is 1.51. The number of benzene rings is 1. The van der Waals surface area contributed by atoms with E-state index in [9.17, 15) is 0 Å². The van der Waals surface area contributed by atoms with Crippen molar-refractivity contribution < 1.29 is 4.74 Å². The Kier molecular flexibility index (Phi) is 7.20. The average Bonchev–Trinajstić information content (AvgIpc) is 2.48. The van der Waals surface area contributed by atoms with Crippen LogP contribution in [0.5, 0.6) is 0 Å². The minimum Gasteiger partial charge on any atom is -0.361 e. The molecule has 1 saturated heterocycles. The van der Waals surface area contributed by atoms with E-state index in [1.807, 2.05) is 6.07 Å². The normalized spacial score (nSPS) is 20.0. The molecule has 3 heteroatoms. The van der Waals surface area contributed by atoms with Crippen LogP contribution in [0.15, 0.2) is 30.3 Å². The van der Waals surface area contributed by atoms with Gasteiger partial charge in [0, 0.05) is 13.1 Å². The van der Waals surface area contributed by atoms with E-state index in [0.717, 1.165) is 31.7 Å². The van der Waals surface area contributed by atoms with Crippen LogP contribution in [0.3, 0.4) is 0 Å². The van der Waals surface area contributed by atoms with Crippen LogP contribution in [0, 0.1) is 11.8 Å². The average molecular weight is 290 g/mol. The van der Waals surface area contributed by atoms with Crippen molar-refractivity contribution in [1.82, 2.24) is 10.2 Å². The second kappa shape index (κ2) is 9.19. The molecular weight excluding hydrogens is 260 g/mol. The minimum atomic E-state index is 0.716. The maximum absolute atomic E-state index is 5.86. The van der Waals surface area contributed by atoms with Crippen LogP contribution < -0.4 is 5.32 Å². The molecule has 3 nitrogen and oxygen atoms in total. The standard InChI is InChI=1S/C18H30N2O/c1-16(2)11-19-12-18-9-6-10-20(13-18)15-21-14-17-7-4-3-5-8-17/h3-5,7-8,16,18-19H,6,9-15H2,1-2H3. The van der Waals surface area contributed by atoms with Gasteiger partial charge in [0.25, 0.3) is 0 Å². The minimum absolute atomic E-state index is 0.716. The molecule has 118 valence electrons. The maximum Gasteiger partial charge on any atom is 0.0994 e. The van der Waals surface area contributed by atoms with E-state index in [-0.39, 0.29) is 0 Å². The highest BCUT2D eigenvalue weighted by Crippen LogP contribution is 2.16. The quantitative estimate of drug-likeness (QED) is 0.796. The van der Waals surface area contributed by atoms with Gasteiger partial charge in [-0.1, -0.05) is 44.2 Å². The molecule has 1 N–H and O–H groups in total. The predicted molar refractivity (Wildman–Crippen MR) is 88.1 cm³/mol. The van der Waals surface area contributed by atoms with Gasteiger partial charge in [-0.3, -0.25) is 4.90 Å². The first-order valence-electron chi connectivity index (χ1n) is 8.29. The Bertz CT molecular complexity index is 380. The first-order chi connectivity index (χ1) is 10.2. The highest BCUT2D eigenvalue weighted by molar-refractivity contribution is 5.13. The molecule has 0 radical (unpaired) electrons. The highest BCUT2D eigenvalue weighted by Gasteiger charge is 2.19. The van der Waals surface area contributed by atoms with Crippen LogP contribution in [0.4, 0.5) is 0 Å². The summed E-state index contributed by atoms with van der Waals surface area (Å²) in [6.07, 6.45) is 2.64. The summed E-state index contributed by atoms with van der Waals surface area (Å²) in [5.41, 5.74) is 1.25. The van der Waals surface area contributed by atoms with E-state index in [2.05, 4.69) is 48.3 Å². The Hall–Kier alpha value is -0.900. The molecule has 2 rings (SSSR count). The van der Waals surface area contributed by atoms with Gasteiger partial charge in [0.05, 0.1) is 13.3 Å². The molecule has 1 fully saturated rings. The third kappa shape index (κ3) is 6.60. The molecule has 0 amide bonds. The van der Waals surface area contributed by atoms with E-state index in [0.29, 0.717) is 6.61 Å². The van der Waals surface area contributed by atoms with Gasteiger partial charge in [0.2, 0.25) is 0 Å². The van der Waals surface area contributed by atoms with E-state index >= 15 is 0 Å². The highest BCUT2D eigenvalue weighted by atomic mass is 16.5. The van der Waals surface area contributed by atoms with Gasteiger partial charge in [0.15, 0.2) is 0 Å². The SMILES string of the molecule is CC(C)CNCC1CCCN(COCc2ccccc2)C1. The molecule has 1 aromatic rings. The largest absolute Gasteiger partial charge is 0.361 e. The molecule has 0 aliphatic carbocycles. The zero-order valence-electron chi connectivity index (χ0n) is 13.6. The van der Waals surface area contributed by atoms with Gasteiger partial charge in [-0.2, -0.15) is 0 Å². The molecule has 1 heterocycles. The van der Waals surface area contributed by atoms with Crippen molar-refractivity contribution in [1.29, 1.82) is 0 Å². The fraction of sp³-hybridized carbons (Fsp3) is 0.667. The summed E-state index contributed by atoms with van der Waals surface area (Å²) < 4.78 is 5.86.